The molecule has 0 aromatic heterocycles. The monoisotopic (exact) mass is 274 g/mol. The highest BCUT2D eigenvalue weighted by Crippen LogP contribution is 2.18. The van der Waals surface area contributed by atoms with Gasteiger partial charge in [0.15, 0.2) is 0 Å². The molecular formula is C12H22N2O5. The van der Waals surface area contributed by atoms with Crippen LogP contribution in [0.5, 0.6) is 0 Å². The van der Waals surface area contributed by atoms with E-state index in [2.05, 4.69) is 0 Å². The topological polar surface area (TPSA) is 90.3 Å². The van der Waals surface area contributed by atoms with Gasteiger partial charge >= 0.3 is 12.0 Å². The molecule has 1 atom stereocenters. The molecule has 1 fully saturated rings. The lowest BCUT2D eigenvalue weighted by Crippen LogP contribution is -2.53. The van der Waals surface area contributed by atoms with Crippen molar-refractivity contribution in [2.75, 3.05) is 40.0 Å². The third-order valence-corrected chi connectivity index (χ3v) is 3.25. The van der Waals surface area contributed by atoms with E-state index in [1.165, 1.54) is 12.0 Å². The number of ether oxygens (including phenoxy) is 1. The van der Waals surface area contributed by atoms with Crippen LogP contribution in [0.25, 0.3) is 0 Å². The van der Waals surface area contributed by atoms with Crippen LogP contribution in [-0.2, 0) is 9.53 Å². The van der Waals surface area contributed by atoms with Gasteiger partial charge in [-0.15, -0.1) is 0 Å². The lowest BCUT2D eigenvalue weighted by Gasteiger charge is -2.37. The second-order valence-corrected chi connectivity index (χ2v) is 4.62. The number of nitrogens with zero attached hydrogens (tertiary/aromatic N) is 2. The summed E-state index contributed by atoms with van der Waals surface area (Å²) in [6.45, 7) is 0.647. The van der Waals surface area contributed by atoms with Gasteiger partial charge in [-0.05, 0) is 19.3 Å². The van der Waals surface area contributed by atoms with E-state index in [4.69, 9.17) is 9.84 Å². The van der Waals surface area contributed by atoms with Crippen molar-refractivity contribution in [1.82, 2.24) is 9.80 Å². The highest BCUT2D eigenvalue weighted by atomic mass is 16.5. The zero-order valence-corrected chi connectivity index (χ0v) is 11.2. The number of carbonyl (C=O) groups is 2. The minimum Gasteiger partial charge on any atom is -0.480 e. The van der Waals surface area contributed by atoms with Crippen LogP contribution in [0.1, 0.15) is 19.3 Å². The van der Waals surface area contributed by atoms with Crippen LogP contribution in [0.3, 0.4) is 0 Å². The third kappa shape index (κ3) is 4.68. The molecule has 19 heavy (non-hydrogen) atoms. The summed E-state index contributed by atoms with van der Waals surface area (Å²) in [7, 11) is 1.50. The van der Waals surface area contributed by atoms with E-state index in [0.29, 0.717) is 6.54 Å². The smallest absolute Gasteiger partial charge is 0.323 e. The van der Waals surface area contributed by atoms with E-state index in [-0.39, 0.29) is 38.4 Å². The second kappa shape index (κ2) is 7.96. The number of amides is 2. The highest BCUT2D eigenvalue weighted by molar-refractivity contribution is 5.80. The molecule has 2 amide bonds. The Bertz CT molecular complexity index is 310. The van der Waals surface area contributed by atoms with Gasteiger partial charge in [-0.25, -0.2) is 4.79 Å². The summed E-state index contributed by atoms with van der Waals surface area (Å²) in [6, 6.07) is -0.543. The van der Waals surface area contributed by atoms with Crippen molar-refractivity contribution in [3.8, 4) is 0 Å². The number of aliphatic carboxylic acids is 1. The quantitative estimate of drug-likeness (QED) is 0.710. The lowest BCUT2D eigenvalue weighted by atomic mass is 10.0. The van der Waals surface area contributed by atoms with Crippen molar-refractivity contribution in [3.63, 3.8) is 0 Å². The Labute approximate surface area is 112 Å². The van der Waals surface area contributed by atoms with Gasteiger partial charge in [-0.3, -0.25) is 4.79 Å². The first kappa shape index (κ1) is 15.7. The minimum absolute atomic E-state index is 0.0864. The summed E-state index contributed by atoms with van der Waals surface area (Å²) < 4.78 is 4.89. The first-order chi connectivity index (χ1) is 9.10. The number of carboxylic acids is 1. The van der Waals surface area contributed by atoms with Crippen molar-refractivity contribution < 1.29 is 24.5 Å². The Morgan fingerprint density at radius 1 is 1.42 bits per heavy atom. The number of piperidine rings is 1. The normalized spacial score (nSPS) is 19.3. The number of likely N-dealkylation sites (tertiary alicyclic amines) is 1. The van der Waals surface area contributed by atoms with Gasteiger partial charge in [0.05, 0.1) is 19.3 Å². The summed E-state index contributed by atoms with van der Waals surface area (Å²) in [4.78, 5) is 26.0. The Hall–Kier alpha value is -1.34. The maximum absolute atomic E-state index is 12.3. The van der Waals surface area contributed by atoms with Gasteiger partial charge < -0.3 is 24.7 Å². The Morgan fingerprint density at radius 3 is 2.74 bits per heavy atom. The van der Waals surface area contributed by atoms with Crippen molar-refractivity contribution in [2.45, 2.75) is 25.3 Å². The second-order valence-electron chi connectivity index (χ2n) is 4.62. The zero-order chi connectivity index (χ0) is 14.3. The summed E-state index contributed by atoms with van der Waals surface area (Å²) >= 11 is 0. The Balaban J connectivity index is 2.69. The average Bonchev–Trinajstić information content (AvgIpc) is 2.42. The van der Waals surface area contributed by atoms with Crippen LogP contribution in [0.15, 0.2) is 0 Å². The summed E-state index contributed by atoms with van der Waals surface area (Å²) in [5.74, 6) is -1.05. The zero-order valence-electron chi connectivity index (χ0n) is 11.2. The number of rotatable bonds is 6. The molecule has 0 aromatic carbocycles. The molecule has 0 radical (unpaired) electrons. The number of carboxylic acid groups (broad SMARTS) is 1. The fourth-order valence-corrected chi connectivity index (χ4v) is 2.23. The SMILES string of the molecule is COCCN(CC(=O)O)C(=O)N1CCCCC1CO. The molecule has 1 heterocycles. The van der Waals surface area contributed by atoms with E-state index in [9.17, 15) is 14.7 Å². The van der Waals surface area contributed by atoms with Crippen LogP contribution in [0, 0.1) is 0 Å². The number of carbonyl (C=O) groups excluding carboxylic acids is 1. The van der Waals surface area contributed by atoms with Crippen molar-refractivity contribution in [3.05, 3.63) is 0 Å². The number of aliphatic hydroxyl groups is 1. The number of methoxy groups -OCH3 is 1. The fourth-order valence-electron chi connectivity index (χ4n) is 2.23. The standard InChI is InChI=1S/C12H22N2O5/c1-19-7-6-13(8-11(16)17)12(18)14-5-3-2-4-10(14)9-15/h10,15H,2-9H2,1H3,(H,16,17). The Morgan fingerprint density at radius 2 is 2.16 bits per heavy atom. The summed E-state index contributed by atoms with van der Waals surface area (Å²) in [5, 5.41) is 18.1. The molecule has 1 aliphatic heterocycles. The first-order valence-corrected chi connectivity index (χ1v) is 6.47. The van der Waals surface area contributed by atoms with Crippen LogP contribution in [-0.4, -0.2) is 78.0 Å². The fraction of sp³-hybridized carbons (Fsp3) is 0.833. The van der Waals surface area contributed by atoms with E-state index in [1.54, 1.807) is 4.90 Å². The molecule has 7 nitrogen and oxygen atoms in total. The van der Waals surface area contributed by atoms with Gasteiger partial charge in [0.2, 0.25) is 0 Å². The molecule has 1 aliphatic rings. The first-order valence-electron chi connectivity index (χ1n) is 6.47. The number of hydrogen-bond acceptors (Lipinski definition) is 4. The van der Waals surface area contributed by atoms with Crippen LogP contribution in [0.2, 0.25) is 0 Å². The number of aliphatic hydroxyl groups excluding tert-OH is 1. The Kier molecular flexibility index (Phi) is 6.58. The third-order valence-electron chi connectivity index (χ3n) is 3.25. The summed E-state index contributed by atoms with van der Waals surface area (Å²) in [6.07, 6.45) is 2.62. The molecule has 2 N–H and O–H groups in total. The minimum atomic E-state index is -1.05. The molecule has 0 aromatic rings. The molecular weight excluding hydrogens is 252 g/mol. The predicted octanol–water partition coefficient (Wildman–Crippen LogP) is -0.0138. The average molecular weight is 274 g/mol. The molecule has 0 bridgehead atoms. The van der Waals surface area contributed by atoms with Crippen LogP contribution in [0.4, 0.5) is 4.79 Å². The van der Waals surface area contributed by atoms with E-state index >= 15 is 0 Å². The predicted molar refractivity (Wildman–Crippen MR) is 67.9 cm³/mol. The van der Waals surface area contributed by atoms with Crippen LogP contribution < -0.4 is 0 Å². The molecule has 0 spiro atoms. The van der Waals surface area contributed by atoms with Gasteiger partial charge in [0.1, 0.15) is 6.54 Å². The van der Waals surface area contributed by atoms with E-state index in [1.807, 2.05) is 0 Å². The van der Waals surface area contributed by atoms with Gasteiger partial charge in [0.25, 0.3) is 0 Å². The van der Waals surface area contributed by atoms with Crippen molar-refractivity contribution >= 4 is 12.0 Å². The van der Waals surface area contributed by atoms with Gasteiger partial charge in [0, 0.05) is 20.2 Å². The maximum atomic E-state index is 12.3. The van der Waals surface area contributed by atoms with Crippen LogP contribution >= 0.6 is 0 Å². The maximum Gasteiger partial charge on any atom is 0.323 e. The molecule has 0 saturated carbocycles. The summed E-state index contributed by atoms with van der Waals surface area (Å²) in [5.41, 5.74) is 0. The van der Waals surface area contributed by atoms with E-state index < -0.39 is 5.97 Å². The number of hydrogen-bond donors (Lipinski definition) is 2. The lowest BCUT2D eigenvalue weighted by molar-refractivity contribution is -0.137. The largest absolute Gasteiger partial charge is 0.480 e. The molecule has 1 rings (SSSR count). The molecule has 1 saturated heterocycles. The van der Waals surface area contributed by atoms with Crippen molar-refractivity contribution in [2.24, 2.45) is 0 Å². The molecule has 110 valence electrons. The number of urea groups is 1. The van der Waals surface area contributed by atoms with Gasteiger partial charge in [-0.1, -0.05) is 0 Å². The van der Waals surface area contributed by atoms with Gasteiger partial charge in [-0.2, -0.15) is 0 Å². The molecule has 1 unspecified atom stereocenters. The highest BCUT2D eigenvalue weighted by Gasteiger charge is 2.30. The van der Waals surface area contributed by atoms with E-state index in [0.717, 1.165) is 19.3 Å². The van der Waals surface area contributed by atoms with Crippen molar-refractivity contribution in [1.29, 1.82) is 0 Å². The molecule has 7 heteroatoms. The molecule has 0 aliphatic carbocycles.